The van der Waals surface area contributed by atoms with Crippen LogP contribution in [0.5, 0.6) is 17.2 Å². The minimum absolute atomic E-state index is 0.174. The van der Waals surface area contributed by atoms with E-state index in [-0.39, 0.29) is 18.7 Å². The van der Waals surface area contributed by atoms with Crippen molar-refractivity contribution in [1.29, 1.82) is 0 Å². The van der Waals surface area contributed by atoms with Gasteiger partial charge in [-0.15, -0.1) is 0 Å². The van der Waals surface area contributed by atoms with Crippen LogP contribution in [0.15, 0.2) is 66.0 Å². The number of rotatable bonds is 11. The first-order chi connectivity index (χ1) is 19.3. The fourth-order valence-electron chi connectivity index (χ4n) is 3.60. The number of aromatic nitrogens is 3. The number of methoxy groups -OCH3 is 2. The van der Waals surface area contributed by atoms with E-state index in [0.717, 1.165) is 5.56 Å². The van der Waals surface area contributed by atoms with Gasteiger partial charge >= 0.3 is 5.95 Å². The molecule has 0 saturated heterocycles. The number of halogens is 2. The molecule has 40 heavy (non-hydrogen) atoms. The predicted molar refractivity (Wildman–Crippen MR) is 148 cm³/mol. The Kier molecular flexibility index (Phi) is 9.15. The van der Waals surface area contributed by atoms with Crippen LogP contribution in [0.4, 0.5) is 5.95 Å². The summed E-state index contributed by atoms with van der Waals surface area (Å²) in [5, 5.41) is 19.7. The standard InChI is InChI=1S/C26H22Cl2N6O6/c1-38-23-8-3-16(9-18(23)13-33-15-29-26(32-33)34(36)37)12-30-31-25(35)21-7-6-20(11-24(21)39-2)40-14-17-4-5-19(27)10-22(17)28/h3-12,15H,13-14H2,1-2H3,(H,31,35). The smallest absolute Gasteiger partial charge is 0.490 e. The van der Waals surface area contributed by atoms with Crippen molar-refractivity contribution in [3.63, 3.8) is 0 Å². The maximum Gasteiger partial charge on any atom is 0.490 e. The number of carbonyl (C=O) groups excluding carboxylic acids is 1. The number of nitro groups is 1. The van der Waals surface area contributed by atoms with Crippen molar-refractivity contribution in [3.8, 4) is 17.2 Å². The largest absolute Gasteiger partial charge is 0.496 e. The van der Waals surface area contributed by atoms with Crippen molar-refractivity contribution >= 4 is 41.3 Å². The predicted octanol–water partition coefficient (Wildman–Crippen LogP) is 4.90. The summed E-state index contributed by atoms with van der Waals surface area (Å²) in [5.41, 5.74) is 4.79. The van der Waals surface area contributed by atoms with E-state index in [9.17, 15) is 14.9 Å². The molecule has 0 spiro atoms. The fourth-order valence-corrected chi connectivity index (χ4v) is 4.06. The highest BCUT2D eigenvalue weighted by Gasteiger charge is 2.16. The Bertz CT molecular complexity index is 1580. The zero-order valence-corrected chi connectivity index (χ0v) is 22.7. The second-order valence-corrected chi connectivity index (χ2v) is 9.00. The zero-order valence-electron chi connectivity index (χ0n) is 21.2. The number of nitrogens with one attached hydrogen (secondary N) is 1. The topological polar surface area (TPSA) is 143 Å². The second kappa shape index (κ2) is 12.9. The lowest BCUT2D eigenvalue weighted by atomic mass is 10.1. The minimum atomic E-state index is -0.674. The maximum absolute atomic E-state index is 12.8. The SMILES string of the molecule is COc1ccc(C=NNC(=O)c2ccc(OCc3ccc(Cl)cc3Cl)cc2OC)cc1Cn1cnc([N+](=O)[O-])n1. The Morgan fingerprint density at radius 1 is 1.07 bits per heavy atom. The van der Waals surface area contributed by atoms with Crippen LogP contribution in [-0.4, -0.2) is 46.0 Å². The lowest BCUT2D eigenvalue weighted by Crippen LogP contribution is -2.18. The van der Waals surface area contributed by atoms with E-state index in [2.05, 4.69) is 20.6 Å². The van der Waals surface area contributed by atoms with Gasteiger partial charge in [-0.2, -0.15) is 9.78 Å². The van der Waals surface area contributed by atoms with E-state index < -0.39 is 16.8 Å². The highest BCUT2D eigenvalue weighted by Crippen LogP contribution is 2.27. The molecule has 1 aromatic heterocycles. The van der Waals surface area contributed by atoms with Crippen LogP contribution in [0.1, 0.15) is 27.0 Å². The molecular formula is C26H22Cl2N6O6. The summed E-state index contributed by atoms with van der Waals surface area (Å²) in [6, 6.07) is 15.1. The average molecular weight is 585 g/mol. The Morgan fingerprint density at radius 3 is 2.58 bits per heavy atom. The van der Waals surface area contributed by atoms with Gasteiger partial charge in [0.05, 0.1) is 32.5 Å². The van der Waals surface area contributed by atoms with Gasteiger partial charge in [-0.1, -0.05) is 34.3 Å². The third-order valence-electron chi connectivity index (χ3n) is 5.53. The van der Waals surface area contributed by atoms with Crippen molar-refractivity contribution in [3.05, 3.63) is 103 Å². The Balaban J connectivity index is 1.41. The summed E-state index contributed by atoms with van der Waals surface area (Å²) in [6.45, 7) is 0.376. The van der Waals surface area contributed by atoms with Gasteiger partial charge in [-0.05, 0) is 53.0 Å². The van der Waals surface area contributed by atoms with Crippen LogP contribution in [0, 0.1) is 10.1 Å². The molecule has 0 bridgehead atoms. The van der Waals surface area contributed by atoms with Gasteiger partial charge in [-0.25, -0.2) is 5.43 Å². The Morgan fingerprint density at radius 2 is 1.88 bits per heavy atom. The van der Waals surface area contributed by atoms with E-state index in [1.165, 1.54) is 31.4 Å². The van der Waals surface area contributed by atoms with Crippen LogP contribution in [0.25, 0.3) is 0 Å². The van der Waals surface area contributed by atoms with Gasteiger partial charge in [-0.3, -0.25) is 4.79 Å². The molecule has 1 amide bonds. The average Bonchev–Trinajstić information content (AvgIpc) is 3.41. The Labute approximate surface area is 238 Å². The first-order valence-electron chi connectivity index (χ1n) is 11.6. The maximum atomic E-state index is 12.8. The zero-order chi connectivity index (χ0) is 28.6. The molecule has 0 aliphatic rings. The van der Waals surface area contributed by atoms with Gasteiger partial charge in [0.2, 0.25) is 6.33 Å². The van der Waals surface area contributed by atoms with Crippen LogP contribution in [0.2, 0.25) is 10.0 Å². The number of hydrazone groups is 1. The molecule has 1 N–H and O–H groups in total. The number of benzene rings is 3. The van der Waals surface area contributed by atoms with E-state index in [1.54, 1.807) is 54.6 Å². The highest BCUT2D eigenvalue weighted by molar-refractivity contribution is 6.35. The van der Waals surface area contributed by atoms with Gasteiger partial charge in [0, 0.05) is 32.3 Å². The van der Waals surface area contributed by atoms with Crippen LogP contribution >= 0.6 is 23.2 Å². The molecule has 4 aromatic rings. The van der Waals surface area contributed by atoms with E-state index >= 15 is 0 Å². The second-order valence-electron chi connectivity index (χ2n) is 8.16. The molecule has 0 aliphatic carbocycles. The number of hydrogen-bond acceptors (Lipinski definition) is 9. The number of carbonyl (C=O) groups is 1. The quantitative estimate of drug-likeness (QED) is 0.149. The number of amides is 1. The fraction of sp³-hybridized carbons (Fsp3) is 0.154. The summed E-state index contributed by atoms with van der Waals surface area (Å²) in [5.74, 6) is 0.321. The van der Waals surface area contributed by atoms with Gasteiger partial charge in [0.25, 0.3) is 5.91 Å². The van der Waals surface area contributed by atoms with E-state index in [1.807, 2.05) is 0 Å². The van der Waals surface area contributed by atoms with Crippen LogP contribution < -0.4 is 19.6 Å². The third-order valence-corrected chi connectivity index (χ3v) is 6.12. The van der Waals surface area contributed by atoms with Gasteiger partial charge in [0.15, 0.2) is 0 Å². The molecule has 0 unspecified atom stereocenters. The Hall–Kier alpha value is -4.68. The molecule has 0 atom stereocenters. The van der Waals surface area contributed by atoms with Crippen molar-refractivity contribution in [1.82, 2.24) is 20.2 Å². The summed E-state index contributed by atoms with van der Waals surface area (Å²) >= 11 is 12.1. The minimum Gasteiger partial charge on any atom is -0.496 e. The number of nitrogens with zero attached hydrogens (tertiary/aromatic N) is 5. The molecule has 1 heterocycles. The van der Waals surface area contributed by atoms with Crippen molar-refractivity contribution in [2.24, 2.45) is 5.10 Å². The first kappa shape index (κ1) is 28.3. The molecule has 0 saturated carbocycles. The van der Waals surface area contributed by atoms with Crippen molar-refractivity contribution in [2.75, 3.05) is 14.2 Å². The molecular weight excluding hydrogens is 563 g/mol. The highest BCUT2D eigenvalue weighted by atomic mass is 35.5. The number of ether oxygens (including phenoxy) is 3. The molecule has 0 radical (unpaired) electrons. The summed E-state index contributed by atoms with van der Waals surface area (Å²) in [4.78, 5) is 26.6. The molecule has 4 rings (SSSR count). The lowest BCUT2D eigenvalue weighted by Gasteiger charge is -2.12. The third kappa shape index (κ3) is 7.04. The monoisotopic (exact) mass is 584 g/mol. The molecule has 12 nitrogen and oxygen atoms in total. The number of hydrogen-bond donors (Lipinski definition) is 1. The molecule has 3 aromatic carbocycles. The molecule has 206 valence electrons. The first-order valence-corrected chi connectivity index (χ1v) is 12.3. The van der Waals surface area contributed by atoms with Crippen LogP contribution in [0.3, 0.4) is 0 Å². The van der Waals surface area contributed by atoms with Gasteiger partial charge < -0.3 is 24.3 Å². The normalized spacial score (nSPS) is 10.9. The van der Waals surface area contributed by atoms with Crippen molar-refractivity contribution in [2.45, 2.75) is 13.2 Å². The lowest BCUT2D eigenvalue weighted by molar-refractivity contribution is -0.394. The van der Waals surface area contributed by atoms with Crippen LogP contribution in [-0.2, 0) is 13.2 Å². The molecule has 0 fully saturated rings. The summed E-state index contributed by atoms with van der Waals surface area (Å²) in [6.07, 6.45) is 2.71. The molecule has 14 heteroatoms. The van der Waals surface area contributed by atoms with Gasteiger partial charge in [0.1, 0.15) is 23.9 Å². The summed E-state index contributed by atoms with van der Waals surface area (Å²) in [7, 11) is 2.95. The van der Waals surface area contributed by atoms with E-state index in [0.29, 0.717) is 38.4 Å². The van der Waals surface area contributed by atoms with Crippen molar-refractivity contribution < 1.29 is 23.9 Å². The van der Waals surface area contributed by atoms with E-state index in [4.69, 9.17) is 37.4 Å². The molecule has 0 aliphatic heterocycles. The summed E-state index contributed by atoms with van der Waals surface area (Å²) < 4.78 is 17.9.